The maximum Gasteiger partial charge on any atom is 0.293 e. The van der Waals surface area contributed by atoms with E-state index < -0.39 is 31.4 Å². The second-order valence-corrected chi connectivity index (χ2v) is 9.07. The van der Waals surface area contributed by atoms with Crippen LogP contribution in [0.25, 0.3) is 11.0 Å². The van der Waals surface area contributed by atoms with Gasteiger partial charge in [0.1, 0.15) is 22.8 Å². The van der Waals surface area contributed by atoms with Crippen molar-refractivity contribution in [1.82, 2.24) is 14.7 Å². The number of nitriles is 1. The molecular formula is C23H18N6O6S. The zero-order chi connectivity index (χ0) is 25.7. The number of nitro groups is 1. The number of nitro benzene ring substituents is 1. The van der Waals surface area contributed by atoms with Gasteiger partial charge in [-0.05, 0) is 36.4 Å². The molecule has 0 radical (unpaired) electrons. The van der Waals surface area contributed by atoms with Gasteiger partial charge in [0.25, 0.3) is 21.6 Å². The van der Waals surface area contributed by atoms with Crippen LogP contribution >= 0.6 is 0 Å². The van der Waals surface area contributed by atoms with Crippen molar-refractivity contribution in [1.29, 1.82) is 5.26 Å². The van der Waals surface area contributed by atoms with Gasteiger partial charge in [0.15, 0.2) is 0 Å². The van der Waals surface area contributed by atoms with E-state index in [2.05, 4.69) is 15.3 Å². The number of benzene rings is 2. The van der Waals surface area contributed by atoms with Crippen molar-refractivity contribution in [2.24, 2.45) is 0 Å². The molecule has 3 N–H and O–H groups in total. The molecule has 4 aromatic rings. The topological polar surface area (TPSA) is 180 Å². The van der Waals surface area contributed by atoms with Gasteiger partial charge in [-0.25, -0.2) is 18.1 Å². The van der Waals surface area contributed by atoms with Crippen LogP contribution in [-0.2, 0) is 10.0 Å². The van der Waals surface area contributed by atoms with Gasteiger partial charge in [-0.2, -0.15) is 5.26 Å². The van der Waals surface area contributed by atoms with E-state index in [1.54, 1.807) is 24.4 Å². The third-order valence-electron chi connectivity index (χ3n) is 4.99. The Morgan fingerprint density at radius 1 is 1.19 bits per heavy atom. The van der Waals surface area contributed by atoms with Crippen molar-refractivity contribution in [3.63, 3.8) is 0 Å². The highest BCUT2D eigenvalue weighted by Crippen LogP contribution is 2.29. The molecule has 0 spiro atoms. The SMILES string of the molecule is N#CCCNc1ccc(S(=O)(=O)NC(=O)c2ccccc2Oc2cnc3[nH]ccc3c2)cc1[N+](=O)[O-]. The number of nitrogens with zero attached hydrogens (tertiary/aromatic N) is 3. The number of para-hydroxylation sites is 1. The van der Waals surface area contributed by atoms with E-state index in [0.717, 1.165) is 17.5 Å². The van der Waals surface area contributed by atoms with Crippen LogP contribution in [-0.4, -0.2) is 35.8 Å². The highest BCUT2D eigenvalue weighted by atomic mass is 32.2. The lowest BCUT2D eigenvalue weighted by Crippen LogP contribution is -2.30. The molecule has 1 amide bonds. The fourth-order valence-electron chi connectivity index (χ4n) is 3.31. The number of sulfonamides is 1. The Morgan fingerprint density at radius 2 is 2.00 bits per heavy atom. The van der Waals surface area contributed by atoms with Crippen molar-refractivity contribution >= 4 is 38.3 Å². The zero-order valence-electron chi connectivity index (χ0n) is 18.5. The van der Waals surface area contributed by atoms with Crippen molar-refractivity contribution in [3.05, 3.63) is 82.7 Å². The normalized spacial score (nSPS) is 11.0. The fourth-order valence-corrected chi connectivity index (χ4v) is 4.30. The third kappa shape index (κ3) is 5.24. The summed E-state index contributed by atoms with van der Waals surface area (Å²) in [5, 5.41) is 23.6. The number of carbonyl (C=O) groups is 1. The molecule has 2 aromatic heterocycles. The van der Waals surface area contributed by atoms with E-state index in [-0.39, 0.29) is 30.0 Å². The van der Waals surface area contributed by atoms with Gasteiger partial charge in [-0.1, -0.05) is 12.1 Å². The summed E-state index contributed by atoms with van der Waals surface area (Å²) in [5.41, 5.74) is 0.117. The second-order valence-electron chi connectivity index (χ2n) is 7.39. The number of aromatic amines is 1. The van der Waals surface area contributed by atoms with E-state index in [1.807, 2.05) is 10.8 Å². The summed E-state index contributed by atoms with van der Waals surface area (Å²) < 4.78 is 33.5. The largest absolute Gasteiger partial charge is 0.455 e. The molecule has 2 heterocycles. The monoisotopic (exact) mass is 506 g/mol. The number of ether oxygens (including phenoxy) is 1. The number of pyridine rings is 1. The minimum Gasteiger partial charge on any atom is -0.455 e. The van der Waals surface area contributed by atoms with Crippen LogP contribution in [0.15, 0.2) is 71.9 Å². The van der Waals surface area contributed by atoms with E-state index in [0.29, 0.717) is 11.4 Å². The van der Waals surface area contributed by atoms with Crippen molar-refractivity contribution in [3.8, 4) is 17.6 Å². The molecule has 0 fully saturated rings. The van der Waals surface area contributed by atoms with Crippen molar-refractivity contribution < 1.29 is 22.9 Å². The molecule has 0 atom stereocenters. The summed E-state index contributed by atoms with van der Waals surface area (Å²) in [6.45, 7) is 0.142. The van der Waals surface area contributed by atoms with E-state index >= 15 is 0 Å². The summed E-state index contributed by atoms with van der Waals surface area (Å²) in [6.07, 6.45) is 3.27. The number of aromatic nitrogens is 2. The Kier molecular flexibility index (Phi) is 6.79. The van der Waals surface area contributed by atoms with Gasteiger partial charge in [-0.15, -0.1) is 0 Å². The molecule has 0 aliphatic carbocycles. The lowest BCUT2D eigenvalue weighted by atomic mass is 10.2. The molecular weight excluding hydrogens is 488 g/mol. The Morgan fingerprint density at radius 3 is 2.78 bits per heavy atom. The maximum absolute atomic E-state index is 12.9. The lowest BCUT2D eigenvalue weighted by Gasteiger charge is -2.12. The molecule has 0 unspecified atom stereocenters. The average molecular weight is 507 g/mol. The number of carbonyl (C=O) groups excluding carboxylic acids is 1. The molecule has 0 saturated heterocycles. The Balaban J connectivity index is 1.57. The molecule has 4 rings (SSSR count). The van der Waals surface area contributed by atoms with Crippen molar-refractivity contribution in [2.75, 3.05) is 11.9 Å². The summed E-state index contributed by atoms with van der Waals surface area (Å²) in [7, 11) is -4.47. The summed E-state index contributed by atoms with van der Waals surface area (Å²) >= 11 is 0. The maximum atomic E-state index is 12.9. The van der Waals surface area contributed by atoms with Gasteiger partial charge >= 0.3 is 0 Å². The Bertz CT molecular complexity index is 1610. The molecule has 13 heteroatoms. The minimum absolute atomic E-state index is 0.0484. The number of rotatable bonds is 9. The van der Waals surface area contributed by atoms with Crippen LogP contribution in [0, 0.1) is 21.4 Å². The molecule has 0 saturated carbocycles. The summed E-state index contributed by atoms with van der Waals surface area (Å²) in [6, 6.07) is 14.6. The van der Waals surface area contributed by atoms with Crippen LogP contribution in [0.1, 0.15) is 16.8 Å². The third-order valence-corrected chi connectivity index (χ3v) is 6.32. The van der Waals surface area contributed by atoms with Gasteiger partial charge in [0, 0.05) is 24.2 Å². The Labute approximate surface area is 204 Å². The predicted molar refractivity (Wildman–Crippen MR) is 129 cm³/mol. The van der Waals surface area contributed by atoms with Crippen LogP contribution in [0.4, 0.5) is 11.4 Å². The van der Waals surface area contributed by atoms with Gasteiger partial charge in [0.05, 0.1) is 34.1 Å². The van der Waals surface area contributed by atoms with Gasteiger partial charge in [0.2, 0.25) is 0 Å². The first-order chi connectivity index (χ1) is 17.3. The highest BCUT2D eigenvalue weighted by molar-refractivity contribution is 7.90. The molecule has 182 valence electrons. The number of H-pyrrole nitrogens is 1. The molecule has 36 heavy (non-hydrogen) atoms. The fraction of sp³-hybridized carbons (Fsp3) is 0.0870. The van der Waals surface area contributed by atoms with Crippen LogP contribution in [0.2, 0.25) is 0 Å². The number of amides is 1. The summed E-state index contributed by atoms with van der Waals surface area (Å²) in [4.78, 5) is 30.3. The smallest absolute Gasteiger partial charge is 0.293 e. The highest BCUT2D eigenvalue weighted by Gasteiger charge is 2.25. The number of hydrogen-bond acceptors (Lipinski definition) is 9. The second kappa shape index (κ2) is 10.1. The summed E-state index contributed by atoms with van der Waals surface area (Å²) in [5.74, 6) is -0.564. The zero-order valence-corrected chi connectivity index (χ0v) is 19.3. The average Bonchev–Trinajstić information content (AvgIpc) is 3.32. The standard InChI is InChI=1S/C23H18N6O6S/c24-9-3-10-25-19-7-6-17(13-20(19)29(31)32)36(33,34)28-23(30)18-4-1-2-5-21(18)35-16-12-15-8-11-26-22(15)27-14-16/h1-2,4-8,11-14,25H,3,10H2,(H,26,27)(H,28,30). The predicted octanol–water partition coefficient (Wildman–Crippen LogP) is 3.71. The first-order valence-corrected chi connectivity index (χ1v) is 11.9. The minimum atomic E-state index is -4.47. The van der Waals surface area contributed by atoms with Crippen LogP contribution < -0.4 is 14.8 Å². The number of hydrogen-bond donors (Lipinski definition) is 3. The molecule has 0 aliphatic heterocycles. The number of anilines is 1. The first kappa shape index (κ1) is 24.2. The van der Waals surface area contributed by atoms with Gasteiger partial charge in [-0.3, -0.25) is 14.9 Å². The van der Waals surface area contributed by atoms with E-state index in [9.17, 15) is 23.3 Å². The van der Waals surface area contributed by atoms with Crippen LogP contribution in [0.3, 0.4) is 0 Å². The molecule has 0 aliphatic rings. The molecule has 12 nitrogen and oxygen atoms in total. The number of fused-ring (bicyclic) bond motifs is 1. The Hall–Kier alpha value is -4.96. The lowest BCUT2D eigenvalue weighted by molar-refractivity contribution is -0.384. The quantitative estimate of drug-likeness (QED) is 0.173. The van der Waals surface area contributed by atoms with Gasteiger partial charge < -0.3 is 15.0 Å². The van der Waals surface area contributed by atoms with E-state index in [4.69, 9.17) is 10.00 Å². The van der Waals surface area contributed by atoms with Crippen LogP contribution in [0.5, 0.6) is 11.5 Å². The first-order valence-electron chi connectivity index (χ1n) is 10.4. The van der Waals surface area contributed by atoms with Crippen molar-refractivity contribution in [2.45, 2.75) is 11.3 Å². The van der Waals surface area contributed by atoms with E-state index in [1.165, 1.54) is 30.5 Å². The molecule has 0 bridgehead atoms. The number of nitrogens with one attached hydrogen (secondary N) is 3. The molecule has 2 aromatic carbocycles.